The first-order chi connectivity index (χ1) is 13.7. The van der Waals surface area contributed by atoms with Crippen LogP contribution in [0.2, 0.25) is 0 Å². The number of nitrogens with one attached hydrogen (secondary N) is 2. The molecule has 0 unspecified atom stereocenters. The van der Waals surface area contributed by atoms with E-state index in [9.17, 15) is 4.79 Å². The number of carbonyl (C=O) groups excluding carboxylic acids is 1. The molecule has 0 fully saturated rings. The minimum absolute atomic E-state index is 0.193. The largest absolute Gasteiger partial charge is 0.489 e. The van der Waals surface area contributed by atoms with E-state index in [4.69, 9.17) is 4.74 Å². The normalized spacial score (nSPS) is 10.5. The highest BCUT2D eigenvalue weighted by atomic mass is 79.9. The van der Waals surface area contributed by atoms with Crippen molar-refractivity contribution >= 4 is 38.3 Å². The van der Waals surface area contributed by atoms with Gasteiger partial charge < -0.3 is 15.4 Å². The second kappa shape index (κ2) is 10.2. The molecular formula is C20H21BrN4O2S. The Balaban J connectivity index is 1.63. The number of rotatable bonds is 9. The number of anilines is 1. The molecule has 0 spiro atoms. The summed E-state index contributed by atoms with van der Waals surface area (Å²) in [6.45, 7) is 3.63. The first-order valence-corrected chi connectivity index (χ1v) is 10.6. The van der Waals surface area contributed by atoms with Gasteiger partial charge >= 0.3 is 0 Å². The molecule has 1 aromatic heterocycles. The minimum Gasteiger partial charge on any atom is -0.489 e. The number of ether oxygens (including phenoxy) is 1. The number of nitrogens with zero attached hydrogens (tertiary/aromatic N) is 2. The molecule has 146 valence electrons. The molecular weight excluding hydrogens is 440 g/mol. The summed E-state index contributed by atoms with van der Waals surface area (Å²) in [5.41, 5.74) is 2.09. The van der Waals surface area contributed by atoms with Crippen molar-refractivity contribution in [3.05, 3.63) is 69.1 Å². The summed E-state index contributed by atoms with van der Waals surface area (Å²) < 4.78 is 6.96. The van der Waals surface area contributed by atoms with E-state index >= 15 is 0 Å². The lowest BCUT2D eigenvalue weighted by Gasteiger charge is -2.12. The van der Waals surface area contributed by atoms with Crippen molar-refractivity contribution in [1.29, 1.82) is 0 Å². The predicted octanol–water partition coefficient (Wildman–Crippen LogP) is 4.63. The van der Waals surface area contributed by atoms with E-state index in [0.717, 1.165) is 27.8 Å². The molecule has 2 aromatic carbocycles. The van der Waals surface area contributed by atoms with E-state index in [0.29, 0.717) is 29.8 Å². The Morgan fingerprint density at radius 1 is 1.18 bits per heavy atom. The zero-order valence-corrected chi connectivity index (χ0v) is 17.8. The molecule has 0 saturated heterocycles. The van der Waals surface area contributed by atoms with Crippen molar-refractivity contribution in [3.8, 4) is 5.75 Å². The molecule has 8 heteroatoms. The smallest absolute Gasteiger partial charge is 0.282 e. The van der Waals surface area contributed by atoms with E-state index in [2.05, 4.69) is 36.8 Å². The maximum atomic E-state index is 12.0. The molecule has 0 aliphatic heterocycles. The van der Waals surface area contributed by atoms with E-state index in [1.54, 1.807) is 0 Å². The molecule has 0 radical (unpaired) electrons. The van der Waals surface area contributed by atoms with Gasteiger partial charge in [0.2, 0.25) is 10.1 Å². The van der Waals surface area contributed by atoms with Crippen molar-refractivity contribution in [2.24, 2.45) is 0 Å². The molecule has 1 heterocycles. The van der Waals surface area contributed by atoms with Crippen LogP contribution in [0.15, 0.2) is 53.0 Å². The lowest BCUT2D eigenvalue weighted by molar-refractivity contribution is 0.0952. The summed E-state index contributed by atoms with van der Waals surface area (Å²) >= 11 is 4.74. The van der Waals surface area contributed by atoms with Gasteiger partial charge in [-0.2, -0.15) is 0 Å². The Hall–Kier alpha value is -2.45. The molecule has 1 amide bonds. The van der Waals surface area contributed by atoms with Gasteiger partial charge in [-0.15, -0.1) is 10.2 Å². The van der Waals surface area contributed by atoms with Gasteiger partial charge in [-0.1, -0.05) is 64.5 Å². The Kier molecular flexibility index (Phi) is 7.39. The minimum atomic E-state index is -0.193. The zero-order chi connectivity index (χ0) is 19.8. The second-order valence-electron chi connectivity index (χ2n) is 6.05. The SMILES string of the molecule is CCCNC(=O)c1nnc(NCc2cc(Br)ccc2OCc2ccccc2)s1. The van der Waals surface area contributed by atoms with Crippen LogP contribution in [-0.4, -0.2) is 22.6 Å². The van der Waals surface area contributed by atoms with Crippen LogP contribution in [-0.2, 0) is 13.2 Å². The van der Waals surface area contributed by atoms with Crippen molar-refractivity contribution in [2.75, 3.05) is 11.9 Å². The molecule has 28 heavy (non-hydrogen) atoms. The standard InChI is InChI=1S/C20H21BrN4O2S/c1-2-10-22-18(26)19-24-25-20(28-19)23-12-15-11-16(21)8-9-17(15)27-13-14-6-4-3-5-7-14/h3-9,11H,2,10,12-13H2,1H3,(H,22,26)(H,23,25). The summed E-state index contributed by atoms with van der Waals surface area (Å²) in [6, 6.07) is 15.9. The summed E-state index contributed by atoms with van der Waals surface area (Å²) in [6.07, 6.45) is 0.879. The summed E-state index contributed by atoms with van der Waals surface area (Å²) in [7, 11) is 0. The lowest BCUT2D eigenvalue weighted by atomic mass is 10.2. The molecule has 0 bridgehead atoms. The van der Waals surface area contributed by atoms with Gasteiger partial charge in [0.25, 0.3) is 5.91 Å². The maximum Gasteiger partial charge on any atom is 0.282 e. The van der Waals surface area contributed by atoms with Crippen molar-refractivity contribution in [1.82, 2.24) is 15.5 Å². The van der Waals surface area contributed by atoms with Gasteiger partial charge in [0.15, 0.2) is 0 Å². The molecule has 2 N–H and O–H groups in total. The van der Waals surface area contributed by atoms with Crippen molar-refractivity contribution in [2.45, 2.75) is 26.5 Å². The molecule has 3 aromatic rings. The van der Waals surface area contributed by atoms with Gasteiger partial charge in [-0.25, -0.2) is 0 Å². The number of hydrogen-bond acceptors (Lipinski definition) is 6. The monoisotopic (exact) mass is 460 g/mol. The zero-order valence-electron chi connectivity index (χ0n) is 15.4. The average Bonchev–Trinajstić information content (AvgIpc) is 3.19. The average molecular weight is 461 g/mol. The summed E-state index contributed by atoms with van der Waals surface area (Å²) in [5.74, 6) is 0.603. The Bertz CT molecular complexity index is 918. The maximum absolute atomic E-state index is 12.0. The van der Waals surface area contributed by atoms with Crippen LogP contribution < -0.4 is 15.4 Å². The van der Waals surface area contributed by atoms with Gasteiger partial charge in [-0.3, -0.25) is 4.79 Å². The molecule has 0 saturated carbocycles. The van der Waals surface area contributed by atoms with Gasteiger partial charge in [0, 0.05) is 23.1 Å². The second-order valence-corrected chi connectivity index (χ2v) is 7.94. The van der Waals surface area contributed by atoms with Crippen molar-refractivity contribution < 1.29 is 9.53 Å². The highest BCUT2D eigenvalue weighted by Gasteiger charge is 2.13. The van der Waals surface area contributed by atoms with Crippen LogP contribution in [0.3, 0.4) is 0 Å². The number of halogens is 1. The molecule has 0 aliphatic carbocycles. The van der Waals surface area contributed by atoms with Crippen LogP contribution in [0.1, 0.15) is 34.3 Å². The van der Waals surface area contributed by atoms with Crippen molar-refractivity contribution in [3.63, 3.8) is 0 Å². The summed E-state index contributed by atoms with van der Waals surface area (Å²) in [5, 5.41) is 15.0. The molecule has 6 nitrogen and oxygen atoms in total. The number of carbonyl (C=O) groups is 1. The third kappa shape index (κ3) is 5.77. The van der Waals surface area contributed by atoms with E-state index < -0.39 is 0 Å². The predicted molar refractivity (Wildman–Crippen MR) is 115 cm³/mol. The fourth-order valence-electron chi connectivity index (χ4n) is 2.43. The number of aromatic nitrogens is 2. The molecule has 0 aliphatic rings. The van der Waals surface area contributed by atoms with Crippen LogP contribution in [0.5, 0.6) is 5.75 Å². The number of amides is 1. The fourth-order valence-corrected chi connectivity index (χ4v) is 3.50. The highest BCUT2D eigenvalue weighted by Crippen LogP contribution is 2.26. The molecule has 0 atom stereocenters. The Labute approximate surface area is 176 Å². The van der Waals surface area contributed by atoms with E-state index in [-0.39, 0.29) is 5.91 Å². The third-order valence-electron chi connectivity index (χ3n) is 3.84. The lowest BCUT2D eigenvalue weighted by Crippen LogP contribution is -2.23. The quantitative estimate of drug-likeness (QED) is 0.486. The van der Waals surface area contributed by atoms with Crippen LogP contribution in [0.4, 0.5) is 5.13 Å². The van der Waals surface area contributed by atoms with Crippen LogP contribution in [0, 0.1) is 0 Å². The topological polar surface area (TPSA) is 76.1 Å². The first-order valence-electron chi connectivity index (χ1n) is 8.96. The third-order valence-corrected chi connectivity index (χ3v) is 5.22. The van der Waals surface area contributed by atoms with Crippen LogP contribution >= 0.6 is 27.3 Å². The van der Waals surface area contributed by atoms with Crippen LogP contribution in [0.25, 0.3) is 0 Å². The first kappa shape index (κ1) is 20.3. The Morgan fingerprint density at radius 2 is 2.00 bits per heavy atom. The van der Waals surface area contributed by atoms with Gasteiger partial charge in [-0.05, 0) is 30.2 Å². The van der Waals surface area contributed by atoms with E-state index in [1.807, 2.05) is 55.5 Å². The van der Waals surface area contributed by atoms with Gasteiger partial charge in [0.1, 0.15) is 12.4 Å². The van der Waals surface area contributed by atoms with E-state index in [1.165, 1.54) is 11.3 Å². The number of benzene rings is 2. The van der Waals surface area contributed by atoms with Gasteiger partial charge in [0.05, 0.1) is 0 Å². The summed E-state index contributed by atoms with van der Waals surface area (Å²) in [4.78, 5) is 12.0. The Morgan fingerprint density at radius 3 is 2.79 bits per heavy atom. The fraction of sp³-hybridized carbons (Fsp3) is 0.250. The number of hydrogen-bond donors (Lipinski definition) is 2. The molecule has 3 rings (SSSR count). The highest BCUT2D eigenvalue weighted by molar-refractivity contribution is 9.10.